The number of carbonyl (C=O) groups is 1. The molecule has 3 rings (SSSR count). The second-order valence-electron chi connectivity index (χ2n) is 5.51. The van der Waals surface area contributed by atoms with Crippen molar-refractivity contribution >= 4 is 5.91 Å². The maximum Gasteiger partial charge on any atom is 0.224 e. The molecule has 2 aromatic heterocycles. The van der Waals surface area contributed by atoms with E-state index in [4.69, 9.17) is 4.74 Å². The molecule has 0 aromatic carbocycles. The van der Waals surface area contributed by atoms with Crippen LogP contribution in [0.3, 0.4) is 0 Å². The summed E-state index contributed by atoms with van der Waals surface area (Å²) in [7, 11) is 1.61. The molecule has 0 spiro atoms. The van der Waals surface area contributed by atoms with E-state index in [2.05, 4.69) is 15.0 Å². The summed E-state index contributed by atoms with van der Waals surface area (Å²) in [6.07, 6.45) is 7.09. The van der Waals surface area contributed by atoms with Crippen molar-refractivity contribution in [2.24, 2.45) is 0 Å². The predicted molar refractivity (Wildman–Crippen MR) is 85.7 cm³/mol. The summed E-state index contributed by atoms with van der Waals surface area (Å²) in [4.78, 5) is 27.1. The van der Waals surface area contributed by atoms with Crippen molar-refractivity contribution in [1.29, 1.82) is 0 Å². The molecule has 0 atom stereocenters. The number of ether oxygens (including phenoxy) is 1. The average Bonchev–Trinajstić information content (AvgIpc) is 2.83. The topological polar surface area (TPSA) is 68.2 Å². The zero-order valence-electron chi connectivity index (χ0n) is 13.2. The fourth-order valence-corrected chi connectivity index (χ4v) is 2.88. The van der Waals surface area contributed by atoms with Crippen LogP contribution in [0.15, 0.2) is 30.9 Å². The highest BCUT2D eigenvalue weighted by atomic mass is 16.5. The third kappa shape index (κ3) is 3.53. The van der Waals surface area contributed by atoms with E-state index in [1.807, 2.05) is 17.0 Å². The number of fused-ring (bicyclic) bond motifs is 1. The predicted octanol–water partition coefficient (Wildman–Crippen LogP) is 1.50. The number of hydrogen-bond acceptors (Lipinski definition) is 5. The van der Waals surface area contributed by atoms with Gasteiger partial charge in [0.05, 0.1) is 18.7 Å². The molecular formula is C17H20N4O2. The van der Waals surface area contributed by atoms with Crippen LogP contribution in [0.1, 0.15) is 17.7 Å². The molecule has 0 unspecified atom stereocenters. The smallest absolute Gasteiger partial charge is 0.224 e. The van der Waals surface area contributed by atoms with Crippen molar-refractivity contribution in [1.82, 2.24) is 19.9 Å². The number of hydrogen-bond donors (Lipinski definition) is 0. The van der Waals surface area contributed by atoms with E-state index in [1.165, 1.54) is 0 Å². The minimum Gasteiger partial charge on any atom is -0.384 e. The zero-order chi connectivity index (χ0) is 16.1. The van der Waals surface area contributed by atoms with Crippen LogP contribution in [0.4, 0.5) is 0 Å². The molecule has 1 aliphatic heterocycles. The van der Waals surface area contributed by atoms with Gasteiger partial charge in [-0.2, -0.15) is 0 Å². The number of aromatic nitrogens is 3. The summed E-state index contributed by atoms with van der Waals surface area (Å²) in [5.41, 5.74) is 4.16. The quantitative estimate of drug-likeness (QED) is 0.856. The van der Waals surface area contributed by atoms with Crippen molar-refractivity contribution in [3.63, 3.8) is 0 Å². The number of pyridine rings is 1. The highest BCUT2D eigenvalue weighted by molar-refractivity contribution is 5.76. The Kier molecular flexibility index (Phi) is 4.92. The summed E-state index contributed by atoms with van der Waals surface area (Å²) in [5.74, 6) is 0.137. The lowest BCUT2D eigenvalue weighted by Crippen LogP contribution is -2.33. The van der Waals surface area contributed by atoms with Gasteiger partial charge in [0.2, 0.25) is 5.91 Å². The van der Waals surface area contributed by atoms with Gasteiger partial charge in [-0.05, 0) is 18.6 Å². The highest BCUT2D eigenvalue weighted by Crippen LogP contribution is 2.25. The number of nitrogens with zero attached hydrogens (tertiary/aromatic N) is 4. The van der Waals surface area contributed by atoms with Gasteiger partial charge >= 0.3 is 0 Å². The Balaban J connectivity index is 1.82. The lowest BCUT2D eigenvalue weighted by molar-refractivity contribution is -0.132. The molecule has 120 valence electrons. The molecule has 1 aliphatic rings. The number of rotatable bonds is 4. The zero-order valence-corrected chi connectivity index (χ0v) is 13.2. The lowest BCUT2D eigenvalue weighted by Gasteiger charge is -2.19. The van der Waals surface area contributed by atoms with Crippen LogP contribution in [0.2, 0.25) is 0 Å². The van der Waals surface area contributed by atoms with E-state index >= 15 is 0 Å². The fourth-order valence-electron chi connectivity index (χ4n) is 2.88. The fraction of sp³-hybridized carbons (Fsp3) is 0.412. The van der Waals surface area contributed by atoms with Crippen molar-refractivity contribution in [3.05, 3.63) is 42.1 Å². The van der Waals surface area contributed by atoms with Crippen LogP contribution in [-0.2, 0) is 22.4 Å². The molecule has 6 nitrogen and oxygen atoms in total. The molecule has 3 heterocycles. The Morgan fingerprint density at radius 2 is 2.00 bits per heavy atom. The molecular weight excluding hydrogens is 292 g/mol. The standard InChI is InChI=1S/C17H20N4O2/c1-23-11-6-16(22)21-9-4-14-15(5-10-21)19-12-20-17(14)13-2-7-18-8-3-13/h2-3,7-8,12H,4-6,9-11H2,1H3. The van der Waals surface area contributed by atoms with Gasteiger partial charge in [-0.1, -0.05) is 0 Å². The van der Waals surface area contributed by atoms with E-state index in [0.29, 0.717) is 26.1 Å². The molecule has 0 radical (unpaired) electrons. The van der Waals surface area contributed by atoms with Gasteiger partial charge in [0.25, 0.3) is 0 Å². The number of methoxy groups -OCH3 is 1. The van der Waals surface area contributed by atoms with E-state index < -0.39 is 0 Å². The Labute approximate surface area is 135 Å². The first kappa shape index (κ1) is 15.6. The molecule has 0 saturated carbocycles. The molecule has 0 fully saturated rings. The maximum atomic E-state index is 12.2. The van der Waals surface area contributed by atoms with Crippen molar-refractivity contribution in [3.8, 4) is 11.3 Å². The molecule has 0 bridgehead atoms. The maximum absolute atomic E-state index is 12.2. The lowest BCUT2D eigenvalue weighted by atomic mass is 10.0. The monoisotopic (exact) mass is 312 g/mol. The van der Waals surface area contributed by atoms with Gasteiger partial charge in [0, 0.05) is 55.8 Å². The van der Waals surface area contributed by atoms with Crippen LogP contribution >= 0.6 is 0 Å². The number of carbonyl (C=O) groups excluding carboxylic acids is 1. The second-order valence-corrected chi connectivity index (χ2v) is 5.51. The molecule has 1 amide bonds. The summed E-state index contributed by atoms with van der Waals surface area (Å²) in [6.45, 7) is 1.85. The second kappa shape index (κ2) is 7.28. The Hall–Kier alpha value is -2.34. The first-order valence-electron chi connectivity index (χ1n) is 7.79. The van der Waals surface area contributed by atoms with Crippen LogP contribution in [0.5, 0.6) is 0 Å². The van der Waals surface area contributed by atoms with E-state index in [-0.39, 0.29) is 5.91 Å². The van der Waals surface area contributed by atoms with Gasteiger partial charge in [0.15, 0.2) is 0 Å². The first-order valence-corrected chi connectivity index (χ1v) is 7.79. The van der Waals surface area contributed by atoms with Crippen molar-refractivity contribution in [2.45, 2.75) is 19.3 Å². The Morgan fingerprint density at radius 3 is 2.78 bits per heavy atom. The van der Waals surface area contributed by atoms with Gasteiger partial charge < -0.3 is 9.64 Å². The van der Waals surface area contributed by atoms with Crippen molar-refractivity contribution in [2.75, 3.05) is 26.8 Å². The first-order chi connectivity index (χ1) is 11.3. The largest absolute Gasteiger partial charge is 0.384 e. The van der Waals surface area contributed by atoms with E-state index in [9.17, 15) is 4.79 Å². The minimum absolute atomic E-state index is 0.137. The van der Waals surface area contributed by atoms with Gasteiger partial charge in [-0.3, -0.25) is 9.78 Å². The van der Waals surface area contributed by atoms with E-state index in [0.717, 1.165) is 35.4 Å². The van der Waals surface area contributed by atoms with Gasteiger partial charge in [-0.15, -0.1) is 0 Å². The minimum atomic E-state index is 0.137. The summed E-state index contributed by atoms with van der Waals surface area (Å²) in [5, 5.41) is 0. The average molecular weight is 312 g/mol. The number of amides is 1. The van der Waals surface area contributed by atoms with Crippen LogP contribution < -0.4 is 0 Å². The highest BCUT2D eigenvalue weighted by Gasteiger charge is 2.21. The molecule has 23 heavy (non-hydrogen) atoms. The molecule has 2 aromatic rings. The summed E-state index contributed by atoms with van der Waals surface area (Å²) in [6, 6.07) is 3.91. The van der Waals surface area contributed by atoms with Gasteiger partial charge in [0.1, 0.15) is 6.33 Å². The third-order valence-corrected chi connectivity index (χ3v) is 4.11. The summed E-state index contributed by atoms with van der Waals surface area (Å²) >= 11 is 0. The van der Waals surface area contributed by atoms with Crippen LogP contribution in [-0.4, -0.2) is 52.6 Å². The van der Waals surface area contributed by atoms with E-state index in [1.54, 1.807) is 25.8 Å². The molecule has 6 heteroatoms. The Bertz CT molecular complexity index is 676. The van der Waals surface area contributed by atoms with Crippen LogP contribution in [0, 0.1) is 0 Å². The molecule has 0 saturated heterocycles. The Morgan fingerprint density at radius 1 is 1.22 bits per heavy atom. The molecule has 0 aliphatic carbocycles. The SMILES string of the molecule is COCCC(=O)N1CCc2ncnc(-c3ccncc3)c2CC1. The van der Waals surface area contributed by atoms with Crippen molar-refractivity contribution < 1.29 is 9.53 Å². The van der Waals surface area contributed by atoms with Gasteiger partial charge in [-0.25, -0.2) is 9.97 Å². The molecule has 0 N–H and O–H groups in total. The third-order valence-electron chi connectivity index (χ3n) is 4.11. The van der Waals surface area contributed by atoms with Crippen LogP contribution in [0.25, 0.3) is 11.3 Å². The summed E-state index contributed by atoms with van der Waals surface area (Å²) < 4.78 is 5.00. The normalized spacial score (nSPS) is 14.2.